The van der Waals surface area contributed by atoms with E-state index in [-0.39, 0.29) is 29.4 Å². The van der Waals surface area contributed by atoms with Gasteiger partial charge in [0.25, 0.3) is 5.91 Å². The van der Waals surface area contributed by atoms with E-state index in [9.17, 15) is 9.59 Å². The number of aromatic nitrogens is 2. The summed E-state index contributed by atoms with van der Waals surface area (Å²) in [6.45, 7) is 8.36. The Bertz CT molecular complexity index is 1730. The second-order valence-electron chi connectivity index (χ2n) is 13.9. The van der Waals surface area contributed by atoms with Crippen LogP contribution in [0.4, 0.5) is 16.3 Å². The van der Waals surface area contributed by atoms with Crippen molar-refractivity contribution in [3.8, 4) is 17.2 Å². The number of fused-ring (bicyclic) bond motifs is 2. The molecule has 3 amide bonds. The molecule has 47 heavy (non-hydrogen) atoms. The number of methoxy groups -OCH3 is 2. The van der Waals surface area contributed by atoms with Crippen LogP contribution < -0.4 is 20.1 Å². The molecule has 2 atom stereocenters. The maximum absolute atomic E-state index is 13.7. The number of ether oxygens (including phenoxy) is 2. The zero-order valence-corrected chi connectivity index (χ0v) is 28.2. The molecule has 0 radical (unpaired) electrons. The summed E-state index contributed by atoms with van der Waals surface area (Å²) in [7, 11) is 3.16. The molecule has 0 aliphatic carbocycles. The van der Waals surface area contributed by atoms with Gasteiger partial charge in [0.15, 0.2) is 11.5 Å². The number of anilines is 2. The third-order valence-electron chi connectivity index (χ3n) is 9.43. The van der Waals surface area contributed by atoms with Crippen LogP contribution in [0.2, 0.25) is 0 Å². The second-order valence-corrected chi connectivity index (χ2v) is 13.9. The molecule has 3 aromatic carbocycles. The van der Waals surface area contributed by atoms with Crippen LogP contribution in [0.5, 0.6) is 11.5 Å². The van der Waals surface area contributed by atoms with Crippen molar-refractivity contribution in [3.63, 3.8) is 0 Å². The first-order valence-corrected chi connectivity index (χ1v) is 16.4. The number of carbonyl (C=O) groups is 2. The number of aryl methyl sites for hydroxylation is 1. The number of rotatable bonds is 8. The molecule has 2 N–H and O–H groups in total. The van der Waals surface area contributed by atoms with Gasteiger partial charge in [-0.2, -0.15) is 5.10 Å². The van der Waals surface area contributed by atoms with Crippen LogP contribution in [0.25, 0.3) is 5.69 Å². The van der Waals surface area contributed by atoms with E-state index < -0.39 is 0 Å². The molecule has 2 unspecified atom stereocenters. The average molecular weight is 636 g/mol. The van der Waals surface area contributed by atoms with Crippen molar-refractivity contribution in [3.05, 3.63) is 95.2 Å². The number of para-hydroxylation sites is 1. The number of carbonyl (C=O) groups excluding carboxylic acids is 2. The lowest BCUT2D eigenvalue weighted by molar-refractivity contribution is 0.0520. The van der Waals surface area contributed by atoms with Gasteiger partial charge in [-0.05, 0) is 86.9 Å². The summed E-state index contributed by atoms with van der Waals surface area (Å²) < 4.78 is 12.8. The quantitative estimate of drug-likeness (QED) is 0.206. The Morgan fingerprint density at radius 2 is 1.57 bits per heavy atom. The van der Waals surface area contributed by atoms with Crippen LogP contribution >= 0.6 is 0 Å². The maximum Gasteiger partial charge on any atom is 0.324 e. The van der Waals surface area contributed by atoms with Gasteiger partial charge in [0, 0.05) is 29.3 Å². The van der Waals surface area contributed by atoms with Gasteiger partial charge in [-0.15, -0.1) is 0 Å². The predicted molar refractivity (Wildman–Crippen MR) is 185 cm³/mol. The van der Waals surface area contributed by atoms with Gasteiger partial charge in [0.1, 0.15) is 5.82 Å². The van der Waals surface area contributed by atoms with Gasteiger partial charge >= 0.3 is 6.03 Å². The molecule has 6 rings (SSSR count). The van der Waals surface area contributed by atoms with Crippen molar-refractivity contribution >= 4 is 23.4 Å². The highest BCUT2D eigenvalue weighted by atomic mass is 16.5. The first-order chi connectivity index (χ1) is 22.5. The van der Waals surface area contributed by atoms with Crippen LogP contribution in [0.3, 0.4) is 0 Å². The fraction of sp³-hybridized carbons (Fsp3) is 0.395. The predicted octanol–water partition coefficient (Wildman–Crippen LogP) is 7.77. The highest BCUT2D eigenvalue weighted by molar-refractivity contribution is 5.99. The van der Waals surface area contributed by atoms with E-state index in [1.165, 1.54) is 5.56 Å². The van der Waals surface area contributed by atoms with Gasteiger partial charge in [0.2, 0.25) is 0 Å². The number of amides is 3. The van der Waals surface area contributed by atoms with Gasteiger partial charge in [-0.3, -0.25) is 10.1 Å². The molecule has 0 spiro atoms. The zero-order valence-electron chi connectivity index (χ0n) is 28.2. The molecule has 2 bridgehead atoms. The van der Waals surface area contributed by atoms with Crippen LogP contribution in [0.15, 0.2) is 72.8 Å². The fourth-order valence-electron chi connectivity index (χ4n) is 7.04. The van der Waals surface area contributed by atoms with E-state index in [2.05, 4.69) is 48.4 Å². The number of benzene rings is 3. The minimum atomic E-state index is -0.326. The summed E-state index contributed by atoms with van der Waals surface area (Å²) in [6.07, 6.45) is 4.94. The molecule has 9 nitrogen and oxygen atoms in total. The Hall–Kier alpha value is -4.79. The van der Waals surface area contributed by atoms with E-state index in [0.717, 1.165) is 54.7 Å². The highest BCUT2D eigenvalue weighted by Gasteiger charge is 2.44. The van der Waals surface area contributed by atoms with E-state index in [0.29, 0.717) is 28.8 Å². The number of nitrogens with one attached hydrogen (secondary N) is 2. The lowest BCUT2D eigenvalue weighted by Crippen LogP contribution is -2.47. The fourth-order valence-corrected chi connectivity index (χ4v) is 7.04. The molecule has 0 saturated carbocycles. The highest BCUT2D eigenvalue weighted by Crippen LogP contribution is 2.42. The standard InChI is InChI=1S/C38H45N5O4/c1-24-10-16-28(17-11-24)43-34(23-33(41-43)38(2,3)4)40-37(45)39-27-14-12-25(13-15-27)20-26-21-29-18-19-30(22-26)42(29)36(44)31-8-7-9-32(46-5)35(31)47-6/h7-17,23,26,29-30H,18-22H2,1-6H3,(H2,39,40,45). The van der Waals surface area contributed by atoms with E-state index >= 15 is 0 Å². The average Bonchev–Trinajstić information content (AvgIpc) is 3.59. The largest absolute Gasteiger partial charge is 0.493 e. The summed E-state index contributed by atoms with van der Waals surface area (Å²) in [4.78, 5) is 28.9. The normalized spacial score (nSPS) is 18.9. The number of hydrogen-bond acceptors (Lipinski definition) is 5. The Labute approximate surface area is 277 Å². The van der Waals surface area contributed by atoms with Crippen molar-refractivity contribution in [1.29, 1.82) is 0 Å². The van der Waals surface area contributed by atoms with Crippen molar-refractivity contribution in [2.45, 2.75) is 77.3 Å². The topological polar surface area (TPSA) is 97.7 Å². The zero-order chi connectivity index (χ0) is 33.3. The first-order valence-electron chi connectivity index (χ1n) is 16.4. The van der Waals surface area contributed by atoms with Gasteiger partial charge in [-0.1, -0.05) is 56.7 Å². The summed E-state index contributed by atoms with van der Waals surface area (Å²) in [5, 5.41) is 10.8. The summed E-state index contributed by atoms with van der Waals surface area (Å²) in [5.41, 5.74) is 5.26. The first kappa shape index (κ1) is 32.2. The van der Waals surface area contributed by atoms with Crippen molar-refractivity contribution < 1.29 is 19.1 Å². The van der Waals surface area contributed by atoms with Gasteiger partial charge in [0.05, 0.1) is 31.2 Å². The number of piperidine rings is 1. The van der Waals surface area contributed by atoms with E-state index in [1.807, 2.05) is 67.6 Å². The van der Waals surface area contributed by atoms with Gasteiger partial charge in [-0.25, -0.2) is 9.48 Å². The van der Waals surface area contributed by atoms with Gasteiger partial charge < -0.3 is 19.7 Å². The Kier molecular flexibility index (Phi) is 8.99. The van der Waals surface area contributed by atoms with Crippen molar-refractivity contribution in [2.75, 3.05) is 24.9 Å². The minimum absolute atomic E-state index is 0.0250. The SMILES string of the molecule is COc1cccc(C(=O)N2C3CCC2CC(Cc2ccc(NC(=O)Nc4cc(C(C)(C)C)nn4-c4ccc(C)cc4)cc2)C3)c1OC. The summed E-state index contributed by atoms with van der Waals surface area (Å²) in [6, 6.07) is 23.7. The molecule has 2 saturated heterocycles. The van der Waals surface area contributed by atoms with Crippen LogP contribution in [0, 0.1) is 12.8 Å². The van der Waals surface area contributed by atoms with Crippen LogP contribution in [-0.2, 0) is 11.8 Å². The molecule has 4 aromatic rings. The molecular formula is C38H45N5O4. The molecule has 2 aliphatic heterocycles. The minimum Gasteiger partial charge on any atom is -0.493 e. The number of hydrogen-bond donors (Lipinski definition) is 2. The lowest BCUT2D eigenvalue weighted by atomic mass is 9.85. The number of nitrogens with zero attached hydrogens (tertiary/aromatic N) is 3. The Balaban J connectivity index is 1.08. The second kappa shape index (κ2) is 13.1. The molecule has 3 heterocycles. The third-order valence-corrected chi connectivity index (χ3v) is 9.43. The van der Waals surface area contributed by atoms with E-state index in [4.69, 9.17) is 14.6 Å². The maximum atomic E-state index is 13.7. The molecule has 246 valence electrons. The molecule has 9 heteroatoms. The molecule has 1 aromatic heterocycles. The van der Waals surface area contributed by atoms with E-state index in [1.54, 1.807) is 18.9 Å². The van der Waals surface area contributed by atoms with Crippen LogP contribution in [0.1, 0.15) is 73.6 Å². The Morgan fingerprint density at radius 3 is 2.19 bits per heavy atom. The third kappa shape index (κ3) is 6.84. The molecular weight excluding hydrogens is 590 g/mol. The summed E-state index contributed by atoms with van der Waals surface area (Å²) in [5.74, 6) is 2.19. The summed E-state index contributed by atoms with van der Waals surface area (Å²) >= 11 is 0. The van der Waals surface area contributed by atoms with Crippen molar-refractivity contribution in [1.82, 2.24) is 14.7 Å². The van der Waals surface area contributed by atoms with Crippen molar-refractivity contribution in [2.24, 2.45) is 5.92 Å². The molecule has 2 aliphatic rings. The Morgan fingerprint density at radius 1 is 0.894 bits per heavy atom. The lowest BCUT2D eigenvalue weighted by Gasteiger charge is -2.39. The smallest absolute Gasteiger partial charge is 0.324 e. The molecule has 2 fully saturated rings. The number of urea groups is 1. The monoisotopic (exact) mass is 635 g/mol. The van der Waals surface area contributed by atoms with Crippen LogP contribution in [-0.4, -0.2) is 52.9 Å².